The van der Waals surface area contributed by atoms with Crippen molar-refractivity contribution >= 4 is 10.8 Å². The van der Waals surface area contributed by atoms with Crippen LogP contribution in [0, 0.1) is 12.3 Å². The van der Waals surface area contributed by atoms with Crippen molar-refractivity contribution in [3.63, 3.8) is 0 Å². The Labute approximate surface area is 104 Å². The lowest BCUT2D eigenvalue weighted by Gasteiger charge is -2.03. The maximum Gasteiger partial charge on any atom is 0.00989 e. The molecule has 17 heavy (non-hydrogen) atoms. The first-order valence-corrected chi connectivity index (χ1v) is 6.27. The van der Waals surface area contributed by atoms with Gasteiger partial charge >= 0.3 is 0 Å². The Hall–Kier alpha value is -1.74. The summed E-state index contributed by atoms with van der Waals surface area (Å²) in [6.45, 7) is 0. The highest BCUT2D eigenvalue weighted by atomic mass is 14.0. The Morgan fingerprint density at radius 1 is 0.882 bits per heavy atom. The van der Waals surface area contributed by atoms with E-state index in [1.165, 1.54) is 29.2 Å². The van der Waals surface area contributed by atoms with E-state index >= 15 is 0 Å². The van der Waals surface area contributed by atoms with Crippen LogP contribution in [0.4, 0.5) is 0 Å². The van der Waals surface area contributed by atoms with E-state index in [1.807, 2.05) is 0 Å². The maximum absolute atomic E-state index is 6.84. The number of aryl methyl sites for hydroxylation is 1. The van der Waals surface area contributed by atoms with Crippen molar-refractivity contribution in [2.45, 2.75) is 32.1 Å². The summed E-state index contributed by atoms with van der Waals surface area (Å²) in [4.78, 5) is 0. The Morgan fingerprint density at radius 2 is 1.71 bits per heavy atom. The smallest absolute Gasteiger partial charge is 0.00989 e. The molecule has 0 fully saturated rings. The van der Waals surface area contributed by atoms with Crippen molar-refractivity contribution in [3.05, 3.63) is 54.5 Å². The minimum atomic E-state index is 0.803. The van der Waals surface area contributed by atoms with Gasteiger partial charge in [-0.3, -0.25) is 0 Å². The second kappa shape index (κ2) is 6.11. The standard InChI is InChI=1S/C17H17/c1-2-3-4-5-6-9-15-12-13-16-10-7-8-11-17(16)14-15/h7-8,10-14H,3-6,9H2. The molecule has 2 aromatic carbocycles. The van der Waals surface area contributed by atoms with Gasteiger partial charge in [-0.15, -0.1) is 0 Å². The first kappa shape index (κ1) is 11.7. The number of rotatable bonds is 5. The molecule has 85 valence electrons. The molecule has 2 rings (SSSR count). The van der Waals surface area contributed by atoms with Crippen LogP contribution < -0.4 is 0 Å². The minimum absolute atomic E-state index is 0.803. The van der Waals surface area contributed by atoms with E-state index in [0.717, 1.165) is 19.3 Å². The van der Waals surface area contributed by atoms with Crippen LogP contribution in [-0.2, 0) is 6.42 Å². The summed E-state index contributed by atoms with van der Waals surface area (Å²) in [5.74, 6) is 2.44. The summed E-state index contributed by atoms with van der Waals surface area (Å²) in [5.41, 5.74) is 1.42. The van der Waals surface area contributed by atoms with E-state index in [9.17, 15) is 0 Å². The number of hydrogen-bond acceptors (Lipinski definition) is 0. The average Bonchev–Trinajstić information content (AvgIpc) is 2.38. The molecular formula is C17H17. The average molecular weight is 221 g/mol. The minimum Gasteiger partial charge on any atom is -0.0891 e. The zero-order valence-electron chi connectivity index (χ0n) is 10.1. The molecule has 0 unspecified atom stereocenters. The van der Waals surface area contributed by atoms with Crippen LogP contribution >= 0.6 is 0 Å². The molecule has 1 radical (unpaired) electrons. The van der Waals surface area contributed by atoms with Gasteiger partial charge in [0.25, 0.3) is 0 Å². The zero-order chi connectivity index (χ0) is 11.9. The quantitative estimate of drug-likeness (QED) is 0.514. The highest BCUT2D eigenvalue weighted by Crippen LogP contribution is 2.17. The summed E-state index contributed by atoms with van der Waals surface area (Å²) in [6.07, 6.45) is 12.3. The van der Waals surface area contributed by atoms with Gasteiger partial charge in [-0.05, 0) is 42.0 Å². The molecule has 0 aromatic heterocycles. The van der Waals surface area contributed by atoms with Crippen LogP contribution in [0.1, 0.15) is 31.2 Å². The van der Waals surface area contributed by atoms with Gasteiger partial charge in [-0.1, -0.05) is 54.8 Å². The largest absolute Gasteiger partial charge is 0.0891 e. The molecule has 0 amide bonds. The third-order valence-electron chi connectivity index (χ3n) is 3.08. The van der Waals surface area contributed by atoms with Gasteiger partial charge in [-0.25, -0.2) is 0 Å². The molecule has 0 saturated carbocycles. The fourth-order valence-corrected chi connectivity index (χ4v) is 2.11. The van der Waals surface area contributed by atoms with Crippen LogP contribution in [0.5, 0.6) is 0 Å². The van der Waals surface area contributed by atoms with Crippen LogP contribution in [0.2, 0.25) is 0 Å². The molecule has 0 nitrogen and oxygen atoms in total. The Kier molecular flexibility index (Phi) is 4.22. The lowest BCUT2D eigenvalue weighted by molar-refractivity contribution is 0.693. The summed E-state index contributed by atoms with van der Waals surface area (Å²) < 4.78 is 0. The maximum atomic E-state index is 6.84. The van der Waals surface area contributed by atoms with Crippen molar-refractivity contribution in [1.29, 1.82) is 0 Å². The monoisotopic (exact) mass is 221 g/mol. The van der Waals surface area contributed by atoms with Crippen LogP contribution in [0.15, 0.2) is 42.5 Å². The highest BCUT2D eigenvalue weighted by Gasteiger charge is 1.96. The van der Waals surface area contributed by atoms with Gasteiger partial charge < -0.3 is 0 Å². The second-order valence-electron chi connectivity index (χ2n) is 4.42. The first-order valence-electron chi connectivity index (χ1n) is 6.27. The van der Waals surface area contributed by atoms with Gasteiger partial charge in [0.05, 0.1) is 0 Å². The third-order valence-corrected chi connectivity index (χ3v) is 3.08. The van der Waals surface area contributed by atoms with Crippen molar-refractivity contribution in [3.8, 4) is 5.92 Å². The molecule has 0 aliphatic heterocycles. The lowest BCUT2D eigenvalue weighted by Crippen LogP contribution is -1.86. The Balaban J connectivity index is 1.93. The summed E-state index contributed by atoms with van der Waals surface area (Å²) >= 11 is 0. The van der Waals surface area contributed by atoms with E-state index in [-0.39, 0.29) is 0 Å². The van der Waals surface area contributed by atoms with Gasteiger partial charge in [0.1, 0.15) is 0 Å². The van der Waals surface area contributed by atoms with Gasteiger partial charge in [0, 0.05) is 6.42 Å². The highest BCUT2D eigenvalue weighted by molar-refractivity contribution is 5.82. The summed E-state index contributed by atoms with van der Waals surface area (Å²) in [7, 11) is 0. The molecule has 0 N–H and O–H groups in total. The van der Waals surface area contributed by atoms with Gasteiger partial charge in [0.15, 0.2) is 0 Å². The fraction of sp³-hybridized carbons (Fsp3) is 0.294. The molecule has 0 spiro atoms. The topological polar surface area (TPSA) is 0 Å². The Bertz CT molecular complexity index is 517. The van der Waals surface area contributed by atoms with Crippen LogP contribution in [0.25, 0.3) is 10.8 Å². The lowest BCUT2D eigenvalue weighted by atomic mass is 10.0. The third kappa shape index (κ3) is 3.36. The molecule has 0 bridgehead atoms. The fourth-order valence-electron chi connectivity index (χ4n) is 2.11. The number of benzene rings is 2. The van der Waals surface area contributed by atoms with Gasteiger partial charge in [-0.2, -0.15) is 0 Å². The van der Waals surface area contributed by atoms with E-state index < -0.39 is 0 Å². The van der Waals surface area contributed by atoms with E-state index in [2.05, 4.69) is 48.4 Å². The molecule has 0 saturated heterocycles. The number of fused-ring (bicyclic) bond motifs is 1. The van der Waals surface area contributed by atoms with Crippen LogP contribution in [0.3, 0.4) is 0 Å². The van der Waals surface area contributed by atoms with E-state index in [4.69, 9.17) is 6.42 Å². The first-order chi connectivity index (χ1) is 8.40. The molecule has 0 aliphatic carbocycles. The molecular weight excluding hydrogens is 204 g/mol. The van der Waals surface area contributed by atoms with Crippen molar-refractivity contribution < 1.29 is 0 Å². The van der Waals surface area contributed by atoms with Crippen molar-refractivity contribution in [2.24, 2.45) is 0 Å². The molecule has 2 aromatic rings. The van der Waals surface area contributed by atoms with Crippen LogP contribution in [-0.4, -0.2) is 0 Å². The predicted octanol–water partition coefficient (Wildman–Crippen LogP) is 4.53. The number of unbranched alkanes of at least 4 members (excludes halogenated alkanes) is 3. The normalized spacial score (nSPS) is 10.3. The molecule has 0 atom stereocenters. The van der Waals surface area contributed by atoms with E-state index in [0.29, 0.717) is 0 Å². The zero-order valence-corrected chi connectivity index (χ0v) is 10.1. The molecule has 0 aliphatic rings. The summed E-state index contributed by atoms with van der Waals surface area (Å²) in [6, 6.07) is 15.2. The SMILES string of the molecule is [C]#CCCCCCc1ccc2ccccc2c1. The van der Waals surface area contributed by atoms with E-state index in [1.54, 1.807) is 0 Å². The van der Waals surface area contributed by atoms with Crippen molar-refractivity contribution in [2.75, 3.05) is 0 Å². The Morgan fingerprint density at radius 3 is 2.53 bits per heavy atom. The number of hydrogen-bond donors (Lipinski definition) is 0. The molecule has 0 heteroatoms. The molecule has 0 heterocycles. The second-order valence-corrected chi connectivity index (χ2v) is 4.42. The van der Waals surface area contributed by atoms with Gasteiger partial charge in [0.2, 0.25) is 0 Å². The predicted molar refractivity (Wildman–Crippen MR) is 73.3 cm³/mol. The summed E-state index contributed by atoms with van der Waals surface area (Å²) in [5, 5.41) is 2.65. The van der Waals surface area contributed by atoms with Crippen molar-refractivity contribution in [1.82, 2.24) is 0 Å².